The summed E-state index contributed by atoms with van der Waals surface area (Å²) in [5.74, 6) is 0.978. The van der Waals surface area contributed by atoms with Crippen LogP contribution in [0.1, 0.15) is 122 Å². The molecule has 0 spiro atoms. The van der Waals surface area contributed by atoms with Crippen molar-refractivity contribution in [2.75, 3.05) is 20.2 Å². The molecule has 0 aliphatic carbocycles. The van der Waals surface area contributed by atoms with Crippen molar-refractivity contribution in [3.8, 4) is 5.75 Å². The first-order chi connectivity index (χ1) is 14.8. The van der Waals surface area contributed by atoms with E-state index in [9.17, 15) is 0 Å². The molecule has 0 aromatic heterocycles. The molecule has 2 heteroatoms. The lowest BCUT2D eigenvalue weighted by Crippen LogP contribution is -2.25. The van der Waals surface area contributed by atoms with Gasteiger partial charge in [0.25, 0.3) is 0 Å². The minimum Gasteiger partial charge on any atom is -0.497 e. The van der Waals surface area contributed by atoms with Crippen LogP contribution in [-0.4, -0.2) is 25.1 Å². The van der Waals surface area contributed by atoms with Crippen LogP contribution in [0.3, 0.4) is 0 Å². The minimum absolute atomic E-state index is 0.978. The number of methoxy groups -OCH3 is 1. The van der Waals surface area contributed by atoms with E-state index in [1.807, 2.05) is 6.07 Å². The molecule has 0 amide bonds. The third-order valence-electron chi connectivity index (χ3n) is 6.20. The van der Waals surface area contributed by atoms with Gasteiger partial charge in [-0.05, 0) is 43.6 Å². The van der Waals surface area contributed by atoms with Gasteiger partial charge in [0, 0.05) is 6.54 Å². The van der Waals surface area contributed by atoms with Crippen molar-refractivity contribution in [1.29, 1.82) is 0 Å². The summed E-state index contributed by atoms with van der Waals surface area (Å²) in [6, 6.07) is 8.62. The molecule has 0 unspecified atom stereocenters. The van der Waals surface area contributed by atoms with E-state index in [-0.39, 0.29) is 0 Å². The van der Waals surface area contributed by atoms with E-state index in [1.54, 1.807) is 7.11 Å². The molecular weight excluding hydrogens is 366 g/mol. The fourth-order valence-corrected chi connectivity index (χ4v) is 4.24. The highest BCUT2D eigenvalue weighted by molar-refractivity contribution is 5.28. The molecule has 0 heterocycles. The van der Waals surface area contributed by atoms with Gasteiger partial charge in [-0.15, -0.1) is 0 Å². The molecule has 1 rings (SSSR count). The van der Waals surface area contributed by atoms with Crippen LogP contribution < -0.4 is 4.74 Å². The zero-order valence-electron chi connectivity index (χ0n) is 20.6. The van der Waals surface area contributed by atoms with Gasteiger partial charge >= 0.3 is 0 Å². The second-order valence-electron chi connectivity index (χ2n) is 9.08. The fraction of sp³-hybridized carbons (Fsp3) is 0.786. The lowest BCUT2D eigenvalue weighted by molar-refractivity contribution is 0.251. The molecule has 0 N–H and O–H groups in total. The Kier molecular flexibility index (Phi) is 17.9. The van der Waals surface area contributed by atoms with Gasteiger partial charge in [-0.3, -0.25) is 4.90 Å². The highest BCUT2D eigenvalue weighted by atomic mass is 16.5. The molecule has 1 aromatic rings. The van der Waals surface area contributed by atoms with Gasteiger partial charge in [-0.25, -0.2) is 0 Å². The topological polar surface area (TPSA) is 12.5 Å². The lowest BCUT2D eigenvalue weighted by atomic mass is 10.1. The van der Waals surface area contributed by atoms with Crippen LogP contribution in [-0.2, 0) is 6.54 Å². The Hall–Kier alpha value is -1.02. The van der Waals surface area contributed by atoms with E-state index in [1.165, 1.54) is 121 Å². The molecule has 30 heavy (non-hydrogen) atoms. The second-order valence-corrected chi connectivity index (χ2v) is 9.08. The third-order valence-corrected chi connectivity index (χ3v) is 6.20. The summed E-state index contributed by atoms with van der Waals surface area (Å²) in [6.07, 6.45) is 22.4. The Labute approximate surface area is 188 Å². The zero-order chi connectivity index (χ0) is 21.7. The normalized spacial score (nSPS) is 11.3. The molecule has 0 saturated carbocycles. The Bertz CT molecular complexity index is 467. The Balaban J connectivity index is 2.30. The highest BCUT2D eigenvalue weighted by Crippen LogP contribution is 2.16. The number of unbranched alkanes of at least 4 members (excludes halogenated alkanes) is 14. The summed E-state index contributed by atoms with van der Waals surface area (Å²) < 4.78 is 5.42. The summed E-state index contributed by atoms with van der Waals surface area (Å²) >= 11 is 0. The van der Waals surface area contributed by atoms with Gasteiger partial charge in [0.2, 0.25) is 0 Å². The number of ether oxygens (including phenoxy) is 1. The minimum atomic E-state index is 0.978. The van der Waals surface area contributed by atoms with Crippen LogP contribution in [0, 0.1) is 0 Å². The van der Waals surface area contributed by atoms with Gasteiger partial charge in [0.15, 0.2) is 0 Å². The molecule has 2 nitrogen and oxygen atoms in total. The van der Waals surface area contributed by atoms with Crippen molar-refractivity contribution in [1.82, 2.24) is 4.90 Å². The third kappa shape index (κ3) is 14.9. The van der Waals surface area contributed by atoms with E-state index >= 15 is 0 Å². The van der Waals surface area contributed by atoms with Crippen LogP contribution >= 0.6 is 0 Å². The second kappa shape index (κ2) is 19.9. The van der Waals surface area contributed by atoms with Crippen LogP contribution in [0.5, 0.6) is 5.75 Å². The molecule has 0 fully saturated rings. The van der Waals surface area contributed by atoms with E-state index in [0.29, 0.717) is 0 Å². The standard InChI is InChI=1S/C28H51NO/c1-4-6-8-10-12-14-16-18-23-29(24-19-17-15-13-11-9-7-5-2)26-27-21-20-22-28(25-27)30-3/h20-22,25H,4-19,23-24,26H2,1-3H3. The quantitative estimate of drug-likeness (QED) is 0.185. The first-order valence-corrected chi connectivity index (χ1v) is 13.2. The molecule has 174 valence electrons. The molecular formula is C28H51NO. The number of nitrogens with zero attached hydrogens (tertiary/aromatic N) is 1. The maximum Gasteiger partial charge on any atom is 0.119 e. The van der Waals surface area contributed by atoms with Gasteiger partial charge < -0.3 is 4.74 Å². The van der Waals surface area contributed by atoms with E-state index < -0.39 is 0 Å². The zero-order valence-corrected chi connectivity index (χ0v) is 20.6. The number of hydrogen-bond acceptors (Lipinski definition) is 2. The van der Waals surface area contributed by atoms with Crippen molar-refractivity contribution < 1.29 is 4.74 Å². The maximum atomic E-state index is 5.42. The van der Waals surface area contributed by atoms with E-state index in [0.717, 1.165) is 12.3 Å². The molecule has 0 atom stereocenters. The fourth-order valence-electron chi connectivity index (χ4n) is 4.24. The summed E-state index contributed by atoms with van der Waals surface area (Å²) in [4.78, 5) is 2.68. The summed E-state index contributed by atoms with van der Waals surface area (Å²) in [7, 11) is 1.76. The maximum absolute atomic E-state index is 5.42. The molecule has 0 saturated heterocycles. The molecule has 0 aliphatic heterocycles. The van der Waals surface area contributed by atoms with Crippen molar-refractivity contribution in [2.45, 2.75) is 123 Å². The lowest BCUT2D eigenvalue weighted by Gasteiger charge is -2.23. The summed E-state index contributed by atoms with van der Waals surface area (Å²) in [5.41, 5.74) is 1.38. The number of hydrogen-bond donors (Lipinski definition) is 0. The average molecular weight is 418 g/mol. The van der Waals surface area contributed by atoms with Crippen molar-refractivity contribution in [3.63, 3.8) is 0 Å². The number of benzene rings is 1. The van der Waals surface area contributed by atoms with Crippen molar-refractivity contribution in [2.24, 2.45) is 0 Å². The average Bonchev–Trinajstić information content (AvgIpc) is 2.77. The van der Waals surface area contributed by atoms with Gasteiger partial charge in [-0.2, -0.15) is 0 Å². The molecule has 0 radical (unpaired) electrons. The predicted octanol–water partition coefficient (Wildman–Crippen LogP) is 8.78. The van der Waals surface area contributed by atoms with E-state index in [2.05, 4.69) is 36.9 Å². The van der Waals surface area contributed by atoms with Gasteiger partial charge in [0.1, 0.15) is 5.75 Å². The van der Waals surface area contributed by atoms with Crippen LogP contribution in [0.4, 0.5) is 0 Å². The van der Waals surface area contributed by atoms with Gasteiger partial charge in [-0.1, -0.05) is 116 Å². The van der Waals surface area contributed by atoms with Crippen LogP contribution in [0.2, 0.25) is 0 Å². The van der Waals surface area contributed by atoms with Crippen molar-refractivity contribution in [3.05, 3.63) is 29.8 Å². The van der Waals surface area contributed by atoms with E-state index in [4.69, 9.17) is 4.74 Å². The highest BCUT2D eigenvalue weighted by Gasteiger charge is 2.07. The largest absolute Gasteiger partial charge is 0.497 e. The van der Waals surface area contributed by atoms with Crippen LogP contribution in [0.25, 0.3) is 0 Å². The number of rotatable bonds is 21. The van der Waals surface area contributed by atoms with Crippen molar-refractivity contribution >= 4 is 0 Å². The Morgan fingerprint density at radius 1 is 0.633 bits per heavy atom. The first kappa shape index (κ1) is 27.0. The van der Waals surface area contributed by atoms with Crippen LogP contribution in [0.15, 0.2) is 24.3 Å². The Morgan fingerprint density at radius 3 is 1.57 bits per heavy atom. The molecule has 0 aliphatic rings. The first-order valence-electron chi connectivity index (χ1n) is 13.2. The monoisotopic (exact) mass is 417 g/mol. The summed E-state index contributed by atoms with van der Waals surface area (Å²) in [5, 5.41) is 0. The SMILES string of the molecule is CCCCCCCCCCN(CCCCCCCCCC)Cc1cccc(OC)c1. The predicted molar refractivity (Wildman–Crippen MR) is 133 cm³/mol. The van der Waals surface area contributed by atoms with Gasteiger partial charge in [0.05, 0.1) is 7.11 Å². The summed E-state index contributed by atoms with van der Waals surface area (Å²) in [6.45, 7) is 8.13. The Morgan fingerprint density at radius 2 is 1.10 bits per heavy atom. The smallest absolute Gasteiger partial charge is 0.119 e. The molecule has 0 bridgehead atoms. The molecule has 1 aromatic carbocycles.